The molecule has 2 aromatic heterocycles. The monoisotopic (exact) mass is 673 g/mol. The van der Waals surface area contributed by atoms with Crippen LogP contribution in [-0.4, -0.2) is 37.1 Å². The van der Waals surface area contributed by atoms with Crippen LogP contribution in [0.1, 0.15) is 5.82 Å². The van der Waals surface area contributed by atoms with E-state index in [1.165, 1.54) is 30.3 Å². The van der Waals surface area contributed by atoms with E-state index in [-0.39, 0.29) is 22.6 Å². The molecule has 0 radical (unpaired) electrons. The number of anilines is 1. The standard InChI is InChI=1S/C15H11FN2O3S.C8H7N3O.C6H4ClFO2S/c16-12-8-4-5-9-13(12)22(19,20)10-14-17-15(21-18-14)11-6-2-1-3-7-11;9-8-10-7(12-11-8)6-4-2-1-3-5-6;7-11(9,10)6-4-2-1-3-5(6)8/h1-9H,10H2;1-5H,(H2,9,11);1-4H. The number of hydrogen-bond acceptors (Lipinski definition) is 11. The first-order valence-corrected chi connectivity index (χ1v) is 16.6. The van der Waals surface area contributed by atoms with Gasteiger partial charge in [-0.25, -0.2) is 25.6 Å². The van der Waals surface area contributed by atoms with E-state index in [0.29, 0.717) is 11.5 Å². The van der Waals surface area contributed by atoms with Crippen molar-refractivity contribution in [2.75, 3.05) is 5.73 Å². The molecule has 16 heteroatoms. The quantitative estimate of drug-likeness (QED) is 0.208. The van der Waals surface area contributed by atoms with Gasteiger partial charge in [-0.05, 0) is 53.7 Å². The highest BCUT2D eigenvalue weighted by atomic mass is 35.7. The van der Waals surface area contributed by atoms with Crippen molar-refractivity contribution in [2.45, 2.75) is 15.5 Å². The van der Waals surface area contributed by atoms with Gasteiger partial charge in [-0.15, -0.1) is 0 Å². The fraction of sp³-hybridized carbons (Fsp3) is 0.0345. The summed E-state index contributed by atoms with van der Waals surface area (Å²) in [5.41, 5.74) is 6.86. The van der Waals surface area contributed by atoms with Gasteiger partial charge in [0, 0.05) is 21.8 Å². The van der Waals surface area contributed by atoms with Gasteiger partial charge >= 0.3 is 0 Å². The first-order valence-electron chi connectivity index (χ1n) is 12.6. The van der Waals surface area contributed by atoms with Crippen LogP contribution in [0.5, 0.6) is 0 Å². The largest absolute Gasteiger partial charge is 0.365 e. The summed E-state index contributed by atoms with van der Waals surface area (Å²) in [4.78, 5) is 7.06. The Morgan fingerprint density at radius 2 is 1.07 bits per heavy atom. The normalized spacial score (nSPS) is 11.1. The van der Waals surface area contributed by atoms with Crippen LogP contribution in [0.4, 0.5) is 14.7 Å². The Balaban J connectivity index is 0.000000169. The van der Waals surface area contributed by atoms with Crippen LogP contribution in [0.15, 0.2) is 128 Å². The molecule has 2 heterocycles. The van der Waals surface area contributed by atoms with Crippen LogP contribution < -0.4 is 5.73 Å². The van der Waals surface area contributed by atoms with Crippen molar-refractivity contribution < 1.29 is 34.7 Å². The van der Waals surface area contributed by atoms with Gasteiger partial charge in [-0.1, -0.05) is 65.8 Å². The average molecular weight is 674 g/mol. The van der Waals surface area contributed by atoms with Crippen LogP contribution in [0.2, 0.25) is 0 Å². The summed E-state index contributed by atoms with van der Waals surface area (Å²) in [6.45, 7) is 0. The van der Waals surface area contributed by atoms with E-state index < -0.39 is 41.2 Å². The summed E-state index contributed by atoms with van der Waals surface area (Å²) in [5, 5.41) is 7.13. The number of benzene rings is 4. The molecule has 0 bridgehead atoms. The number of hydrogen-bond donors (Lipinski definition) is 1. The van der Waals surface area contributed by atoms with Crippen molar-refractivity contribution in [3.05, 3.63) is 127 Å². The number of sulfone groups is 1. The molecule has 0 unspecified atom stereocenters. The van der Waals surface area contributed by atoms with Crippen LogP contribution in [0, 0.1) is 11.6 Å². The molecular weight excluding hydrogens is 652 g/mol. The van der Waals surface area contributed by atoms with Gasteiger partial charge in [0.15, 0.2) is 15.7 Å². The lowest BCUT2D eigenvalue weighted by Crippen LogP contribution is -2.08. The molecule has 0 saturated carbocycles. The van der Waals surface area contributed by atoms with E-state index in [9.17, 15) is 25.6 Å². The van der Waals surface area contributed by atoms with Crippen molar-refractivity contribution in [3.63, 3.8) is 0 Å². The molecule has 11 nitrogen and oxygen atoms in total. The fourth-order valence-corrected chi connectivity index (χ4v) is 5.71. The summed E-state index contributed by atoms with van der Waals surface area (Å²) in [5.74, 6) is -1.33. The molecule has 0 aliphatic rings. The second kappa shape index (κ2) is 14.7. The van der Waals surface area contributed by atoms with Gasteiger partial charge in [0.05, 0.1) is 0 Å². The summed E-state index contributed by atoms with van der Waals surface area (Å²) in [6, 6.07) is 28.6. The molecule has 6 rings (SSSR count). The fourth-order valence-electron chi connectivity index (χ4n) is 3.53. The van der Waals surface area contributed by atoms with Crippen LogP contribution >= 0.6 is 10.7 Å². The first kappa shape index (κ1) is 32.9. The van der Waals surface area contributed by atoms with Crippen molar-refractivity contribution in [3.8, 4) is 22.9 Å². The number of nitrogen functional groups attached to an aromatic ring is 1. The van der Waals surface area contributed by atoms with Crippen molar-refractivity contribution in [1.29, 1.82) is 0 Å². The van der Waals surface area contributed by atoms with E-state index in [1.807, 2.05) is 36.4 Å². The molecule has 2 N–H and O–H groups in total. The van der Waals surface area contributed by atoms with Crippen molar-refractivity contribution >= 4 is 35.5 Å². The summed E-state index contributed by atoms with van der Waals surface area (Å²) in [7, 11) is -2.91. The Morgan fingerprint density at radius 3 is 1.51 bits per heavy atom. The minimum absolute atomic E-state index is 0.0119. The molecule has 6 aromatic rings. The summed E-state index contributed by atoms with van der Waals surface area (Å²) >= 11 is 0. The number of aromatic nitrogens is 4. The minimum atomic E-state index is -3.94. The van der Waals surface area contributed by atoms with Gasteiger partial charge in [0.25, 0.3) is 26.8 Å². The lowest BCUT2D eigenvalue weighted by Gasteiger charge is -2.02. The molecule has 0 spiro atoms. The highest BCUT2D eigenvalue weighted by Crippen LogP contribution is 2.21. The maximum Gasteiger partial charge on any atom is 0.264 e. The molecule has 0 amide bonds. The molecule has 4 aromatic carbocycles. The zero-order valence-corrected chi connectivity index (χ0v) is 25.3. The molecule has 232 valence electrons. The van der Waals surface area contributed by atoms with E-state index in [4.69, 9.17) is 25.5 Å². The Morgan fingerprint density at radius 1 is 0.622 bits per heavy atom. The van der Waals surface area contributed by atoms with E-state index in [2.05, 4.69) is 20.3 Å². The average Bonchev–Trinajstić information content (AvgIpc) is 3.67. The Labute approximate surface area is 260 Å². The maximum atomic E-state index is 13.6. The number of rotatable bonds is 6. The lowest BCUT2D eigenvalue weighted by molar-refractivity contribution is 0.424. The van der Waals surface area contributed by atoms with Gasteiger partial charge < -0.3 is 14.8 Å². The number of nitrogens with two attached hydrogens (primary N) is 1. The van der Waals surface area contributed by atoms with Gasteiger partial charge in [0.2, 0.25) is 0 Å². The molecule has 0 fully saturated rings. The van der Waals surface area contributed by atoms with Gasteiger partial charge in [0.1, 0.15) is 27.2 Å². The zero-order valence-electron chi connectivity index (χ0n) is 22.9. The molecule has 0 aliphatic heterocycles. The smallest absolute Gasteiger partial charge is 0.264 e. The predicted molar refractivity (Wildman–Crippen MR) is 161 cm³/mol. The van der Waals surface area contributed by atoms with Crippen LogP contribution in [0.3, 0.4) is 0 Å². The summed E-state index contributed by atoms with van der Waals surface area (Å²) < 4.78 is 81.7. The van der Waals surface area contributed by atoms with Crippen LogP contribution in [-0.2, 0) is 24.6 Å². The SMILES string of the molecule is Nc1noc(-c2ccccc2)n1.O=S(=O)(Cc1noc(-c2ccccc2)n1)c1ccccc1F.O=S(=O)(Cl)c1ccccc1F. The van der Waals surface area contributed by atoms with Crippen molar-refractivity contribution in [1.82, 2.24) is 20.3 Å². The summed E-state index contributed by atoms with van der Waals surface area (Å²) in [6.07, 6.45) is 0. The highest BCUT2D eigenvalue weighted by molar-refractivity contribution is 8.13. The Bertz CT molecular complexity index is 2080. The molecular formula is C29H22ClF2N5O6S2. The number of halogens is 3. The third-order valence-corrected chi connectivity index (χ3v) is 8.54. The molecule has 0 aliphatic carbocycles. The third-order valence-electron chi connectivity index (χ3n) is 5.54. The zero-order chi connectivity index (χ0) is 32.5. The Kier molecular flexibility index (Phi) is 10.7. The van der Waals surface area contributed by atoms with Crippen LogP contribution in [0.25, 0.3) is 22.9 Å². The molecule has 0 saturated heterocycles. The second-order valence-corrected chi connectivity index (χ2v) is 13.3. The highest BCUT2D eigenvalue weighted by Gasteiger charge is 2.22. The van der Waals surface area contributed by atoms with E-state index in [1.54, 1.807) is 24.3 Å². The molecule has 0 atom stereocenters. The van der Waals surface area contributed by atoms with Gasteiger partial charge in [-0.3, -0.25) is 0 Å². The maximum absolute atomic E-state index is 13.6. The minimum Gasteiger partial charge on any atom is -0.365 e. The molecule has 45 heavy (non-hydrogen) atoms. The lowest BCUT2D eigenvalue weighted by atomic mass is 10.2. The first-order chi connectivity index (χ1) is 21.4. The van der Waals surface area contributed by atoms with E-state index >= 15 is 0 Å². The van der Waals surface area contributed by atoms with Crippen molar-refractivity contribution in [2.24, 2.45) is 0 Å². The number of nitrogens with zero attached hydrogens (tertiary/aromatic N) is 4. The van der Waals surface area contributed by atoms with Gasteiger partial charge in [-0.2, -0.15) is 9.97 Å². The second-order valence-electron chi connectivity index (χ2n) is 8.76. The Hall–Kier alpha value is -4.99. The predicted octanol–water partition coefficient (Wildman–Crippen LogP) is 5.92. The van der Waals surface area contributed by atoms with E-state index in [0.717, 1.165) is 23.8 Å². The third kappa shape index (κ3) is 9.25. The topological polar surface area (TPSA) is 172 Å².